The zero-order valence-corrected chi connectivity index (χ0v) is 14.0. The fourth-order valence-corrected chi connectivity index (χ4v) is 2.01. The maximum absolute atomic E-state index is 7.00. The highest BCUT2D eigenvalue weighted by atomic mass is 35.5. The van der Waals surface area contributed by atoms with Crippen molar-refractivity contribution in [2.24, 2.45) is 5.10 Å². The highest BCUT2D eigenvalue weighted by Gasteiger charge is 2.04. The van der Waals surface area contributed by atoms with Gasteiger partial charge in [0.1, 0.15) is 0 Å². The molecule has 3 rings (SSSR count). The van der Waals surface area contributed by atoms with Crippen LogP contribution in [0.2, 0.25) is 0 Å². The van der Waals surface area contributed by atoms with Gasteiger partial charge in [-0.05, 0) is 17.7 Å². The number of aromatic amines is 1. The summed E-state index contributed by atoms with van der Waals surface area (Å²) in [5, 5.41) is 20.3. The highest BCUT2D eigenvalue weighted by Crippen LogP contribution is 2.17. The third-order valence-electron chi connectivity index (χ3n) is 3.03. The second-order valence-electron chi connectivity index (χ2n) is 4.48. The molecular weight excluding hydrogens is 324 g/mol. The molecule has 0 saturated carbocycles. The average molecular weight is 343 g/mol. The Kier molecular flexibility index (Phi) is 8.74. The van der Waals surface area contributed by atoms with E-state index in [1.165, 1.54) is 0 Å². The van der Waals surface area contributed by atoms with Crippen molar-refractivity contribution in [3.8, 4) is 0 Å². The van der Waals surface area contributed by atoms with Crippen molar-refractivity contribution < 1.29 is 22.6 Å². The third-order valence-corrected chi connectivity index (χ3v) is 3.03. The zero-order chi connectivity index (χ0) is 16.3. The van der Waals surface area contributed by atoms with Crippen LogP contribution in [0.3, 0.4) is 0 Å². The average Bonchev–Trinajstić information content (AvgIpc) is 2.64. The van der Waals surface area contributed by atoms with Gasteiger partial charge in [-0.1, -0.05) is 54.6 Å². The number of anilines is 1. The molecule has 6 heteroatoms. The molecule has 1 heterocycles. The number of halogens is 1. The molecule has 0 spiro atoms. The molecular formula is C18H19ClN4O. The van der Waals surface area contributed by atoms with E-state index >= 15 is 0 Å². The maximum atomic E-state index is 7.00. The van der Waals surface area contributed by atoms with Crippen LogP contribution in [0.25, 0.3) is 16.8 Å². The number of hydrogen-bond acceptors (Lipinski definition) is 4. The van der Waals surface area contributed by atoms with Gasteiger partial charge in [-0.2, -0.15) is 5.10 Å². The van der Waals surface area contributed by atoms with Crippen molar-refractivity contribution in [2.45, 2.75) is 0 Å². The summed E-state index contributed by atoms with van der Waals surface area (Å²) in [4.78, 5) is 0. The second-order valence-corrected chi connectivity index (χ2v) is 4.48. The molecule has 124 valence electrons. The first kappa shape index (κ1) is 19.3. The Labute approximate surface area is 147 Å². The Morgan fingerprint density at radius 1 is 1.04 bits per heavy atom. The van der Waals surface area contributed by atoms with Crippen molar-refractivity contribution in [1.29, 1.82) is 0 Å². The van der Waals surface area contributed by atoms with Gasteiger partial charge in [0.25, 0.3) is 0 Å². The number of nitrogens with zero attached hydrogens (tertiary/aromatic N) is 2. The van der Waals surface area contributed by atoms with Crippen LogP contribution in [0.5, 0.6) is 0 Å². The van der Waals surface area contributed by atoms with E-state index in [-0.39, 0.29) is 12.4 Å². The van der Waals surface area contributed by atoms with E-state index < -0.39 is 0 Å². The Bertz CT molecular complexity index is 786. The van der Waals surface area contributed by atoms with Crippen LogP contribution >= 0.6 is 0 Å². The van der Waals surface area contributed by atoms with Crippen LogP contribution in [0, 0.1) is 0 Å². The molecule has 0 aliphatic carbocycles. The molecule has 1 aromatic heterocycles. The van der Waals surface area contributed by atoms with E-state index in [4.69, 9.17) is 5.11 Å². The number of allylic oxidation sites excluding steroid dienone is 1. The molecule has 0 atom stereocenters. The van der Waals surface area contributed by atoms with Crippen molar-refractivity contribution in [3.63, 3.8) is 0 Å². The Morgan fingerprint density at radius 2 is 1.75 bits per heavy atom. The van der Waals surface area contributed by atoms with Crippen LogP contribution < -0.4 is 22.9 Å². The summed E-state index contributed by atoms with van der Waals surface area (Å²) in [6.45, 7) is 0. The molecule has 5 nitrogen and oxygen atoms in total. The van der Waals surface area contributed by atoms with Gasteiger partial charge in [0, 0.05) is 23.8 Å². The molecule has 0 fully saturated rings. The number of hydrogen-bond donors (Lipinski definition) is 2. The van der Waals surface area contributed by atoms with Crippen LogP contribution in [0.4, 0.5) is 5.82 Å². The molecule has 0 aliphatic rings. The normalized spacial score (nSPS) is 10.2. The van der Waals surface area contributed by atoms with E-state index in [9.17, 15) is 0 Å². The summed E-state index contributed by atoms with van der Waals surface area (Å²) in [5.41, 5.74) is 4.09. The number of aliphatic hydroxyl groups excluding tert-OH is 1. The van der Waals surface area contributed by atoms with E-state index in [1.54, 1.807) is 6.21 Å². The van der Waals surface area contributed by atoms with Gasteiger partial charge in [0.15, 0.2) is 0 Å². The predicted octanol–water partition coefficient (Wildman–Crippen LogP) is -0.227. The smallest absolute Gasteiger partial charge is 0.221 e. The molecule has 0 saturated heterocycles. The van der Waals surface area contributed by atoms with Crippen LogP contribution in [0.1, 0.15) is 5.56 Å². The SMILES string of the molecule is C(=C\c1ccccc1)/C=N/Nc1n[nH+]cc2ccccc12.CO.[Cl-]. The number of aliphatic hydroxyl groups is 1. The van der Waals surface area contributed by atoms with Crippen molar-refractivity contribution in [1.82, 2.24) is 5.10 Å². The third kappa shape index (κ3) is 5.46. The van der Waals surface area contributed by atoms with Gasteiger partial charge in [-0.3, -0.25) is 5.43 Å². The van der Waals surface area contributed by atoms with Crippen LogP contribution in [-0.2, 0) is 0 Å². The van der Waals surface area contributed by atoms with Crippen molar-refractivity contribution in [3.05, 3.63) is 72.4 Å². The number of nitrogens with one attached hydrogen (secondary N) is 2. The molecule has 3 N–H and O–H groups in total. The standard InChI is InChI=1S/C17H14N4.CH4O.ClH/c1-2-7-14(8-3-1)9-6-12-18-20-17-16-11-5-4-10-15(16)13-19-21-17;1-2;/h1-13H,(H,20,21);2H,1H3;1H/b9-6+,18-12+;;. The largest absolute Gasteiger partial charge is 1.00 e. The minimum atomic E-state index is 0. The van der Waals surface area contributed by atoms with Gasteiger partial charge < -0.3 is 17.5 Å². The summed E-state index contributed by atoms with van der Waals surface area (Å²) in [6, 6.07) is 18.1. The Balaban J connectivity index is 0.000000925. The molecule has 0 radical (unpaired) electrons. The van der Waals surface area contributed by atoms with Crippen LogP contribution in [-0.4, -0.2) is 23.5 Å². The number of hydrazone groups is 1. The summed E-state index contributed by atoms with van der Waals surface area (Å²) >= 11 is 0. The topological polar surface area (TPSA) is 71.7 Å². The number of benzene rings is 2. The van der Waals surface area contributed by atoms with Crippen molar-refractivity contribution >= 4 is 28.9 Å². The maximum Gasteiger partial charge on any atom is 0.221 e. The number of aromatic nitrogens is 2. The fourth-order valence-electron chi connectivity index (χ4n) is 2.01. The van der Waals surface area contributed by atoms with E-state index in [2.05, 4.69) is 20.7 Å². The van der Waals surface area contributed by atoms with E-state index in [0.29, 0.717) is 5.82 Å². The van der Waals surface area contributed by atoms with E-state index in [0.717, 1.165) is 23.4 Å². The minimum absolute atomic E-state index is 0. The zero-order valence-electron chi connectivity index (χ0n) is 13.2. The molecule has 0 bridgehead atoms. The van der Waals surface area contributed by atoms with Gasteiger partial charge in [-0.25, -0.2) is 0 Å². The first-order valence-corrected chi connectivity index (χ1v) is 7.15. The Morgan fingerprint density at radius 3 is 2.54 bits per heavy atom. The van der Waals surface area contributed by atoms with Gasteiger partial charge in [0.2, 0.25) is 12.0 Å². The second kappa shape index (κ2) is 10.9. The van der Waals surface area contributed by atoms with Crippen molar-refractivity contribution in [2.75, 3.05) is 12.5 Å². The number of rotatable bonds is 4. The summed E-state index contributed by atoms with van der Waals surface area (Å²) < 4.78 is 0. The monoisotopic (exact) mass is 342 g/mol. The summed E-state index contributed by atoms with van der Waals surface area (Å²) in [7, 11) is 1.00. The number of H-pyrrole nitrogens is 1. The Hall–Kier alpha value is -2.76. The van der Waals surface area contributed by atoms with Gasteiger partial charge >= 0.3 is 0 Å². The lowest BCUT2D eigenvalue weighted by Crippen LogP contribution is -3.00. The molecule has 0 amide bonds. The molecule has 0 unspecified atom stereocenters. The molecule has 0 aliphatic heterocycles. The fraction of sp³-hybridized carbons (Fsp3) is 0.0556. The summed E-state index contributed by atoms with van der Waals surface area (Å²) in [6.07, 6.45) is 7.45. The van der Waals surface area contributed by atoms with Gasteiger partial charge in [0.05, 0.1) is 5.39 Å². The molecule has 24 heavy (non-hydrogen) atoms. The quantitative estimate of drug-likeness (QED) is 0.508. The minimum Gasteiger partial charge on any atom is -1.00 e. The van der Waals surface area contributed by atoms with Gasteiger partial charge in [-0.15, -0.1) is 5.10 Å². The predicted molar refractivity (Wildman–Crippen MR) is 94.0 cm³/mol. The lowest BCUT2D eigenvalue weighted by molar-refractivity contribution is -0.451. The highest BCUT2D eigenvalue weighted by molar-refractivity contribution is 5.90. The van der Waals surface area contributed by atoms with E-state index in [1.807, 2.05) is 72.9 Å². The lowest BCUT2D eigenvalue weighted by Gasteiger charge is -1.98. The lowest BCUT2D eigenvalue weighted by atomic mass is 10.2. The molecule has 3 aromatic rings. The first-order valence-electron chi connectivity index (χ1n) is 7.15. The van der Waals surface area contributed by atoms with Crippen LogP contribution in [0.15, 0.2) is 72.0 Å². The first-order chi connectivity index (χ1) is 11.4. The number of fused-ring (bicyclic) bond motifs is 1. The molecule has 2 aromatic carbocycles. The summed E-state index contributed by atoms with van der Waals surface area (Å²) in [5.74, 6) is 0.706.